The lowest BCUT2D eigenvalue weighted by atomic mass is 10.1. The first-order chi connectivity index (χ1) is 12.9. The predicted octanol–water partition coefficient (Wildman–Crippen LogP) is 3.12. The smallest absolute Gasteiger partial charge is 0.277 e. The molecular weight excluding hydrogens is 480 g/mol. The van der Waals surface area contributed by atoms with Crippen molar-refractivity contribution in [2.75, 3.05) is 25.6 Å². The molecule has 0 radical (unpaired) electrons. The molecule has 3 N–H and O–H groups in total. The summed E-state index contributed by atoms with van der Waals surface area (Å²) in [5.41, 5.74) is 1.07. The Labute approximate surface area is 166 Å². The Hall–Kier alpha value is -1.89. The quantitative estimate of drug-likeness (QED) is 0.387. The zero-order valence-corrected chi connectivity index (χ0v) is 16.2. The number of nitrogens with one attached hydrogen (secondary N) is 2. The summed E-state index contributed by atoms with van der Waals surface area (Å²) in [5.74, 6) is -4.14. The molecule has 2 rings (SSSR count). The zero-order valence-electron chi connectivity index (χ0n) is 14.1. The average Bonchev–Trinajstić information content (AvgIpc) is 2.64. The molecule has 6 nitrogen and oxygen atoms in total. The van der Waals surface area contributed by atoms with E-state index < -0.39 is 35.2 Å². The Balaban J connectivity index is 2.24. The summed E-state index contributed by atoms with van der Waals surface area (Å²) < 4.78 is 47.4. The van der Waals surface area contributed by atoms with Gasteiger partial charge in [0.25, 0.3) is 5.91 Å². The van der Waals surface area contributed by atoms with Crippen LogP contribution in [0.1, 0.15) is 10.4 Å². The van der Waals surface area contributed by atoms with Crippen LogP contribution in [0.2, 0.25) is 0 Å². The van der Waals surface area contributed by atoms with Crippen LogP contribution in [-0.2, 0) is 9.57 Å². The number of hydrogen-bond donors (Lipinski definition) is 3. The molecule has 27 heavy (non-hydrogen) atoms. The van der Waals surface area contributed by atoms with Gasteiger partial charge in [-0.2, -0.15) is 0 Å². The number of methoxy groups -OCH3 is 1. The van der Waals surface area contributed by atoms with Crippen molar-refractivity contribution in [3.63, 3.8) is 0 Å². The van der Waals surface area contributed by atoms with Crippen molar-refractivity contribution in [1.29, 1.82) is 0 Å². The molecule has 0 spiro atoms. The lowest BCUT2D eigenvalue weighted by Gasteiger charge is -2.16. The van der Waals surface area contributed by atoms with Gasteiger partial charge in [-0.3, -0.25) is 9.63 Å². The van der Waals surface area contributed by atoms with Crippen LogP contribution < -0.4 is 10.8 Å². The minimum atomic E-state index is -1.34. The number of halogens is 4. The van der Waals surface area contributed by atoms with Crippen LogP contribution in [0, 0.1) is 21.0 Å². The van der Waals surface area contributed by atoms with Gasteiger partial charge in [0, 0.05) is 10.7 Å². The van der Waals surface area contributed by atoms with Crippen LogP contribution in [-0.4, -0.2) is 37.4 Å². The normalized spacial score (nSPS) is 11.9. The Morgan fingerprint density at radius 3 is 2.59 bits per heavy atom. The third-order valence-corrected chi connectivity index (χ3v) is 4.17. The van der Waals surface area contributed by atoms with Crippen LogP contribution in [0.5, 0.6) is 0 Å². The molecule has 2 aromatic rings. The van der Waals surface area contributed by atoms with Crippen molar-refractivity contribution in [3.05, 3.63) is 56.9 Å². The van der Waals surface area contributed by atoms with Gasteiger partial charge in [-0.25, -0.2) is 18.7 Å². The van der Waals surface area contributed by atoms with Crippen molar-refractivity contribution < 1.29 is 32.6 Å². The number of benzene rings is 2. The van der Waals surface area contributed by atoms with Crippen molar-refractivity contribution in [3.8, 4) is 0 Å². The van der Waals surface area contributed by atoms with Crippen LogP contribution in [0.4, 0.5) is 24.5 Å². The predicted molar refractivity (Wildman–Crippen MR) is 100 cm³/mol. The maximum atomic E-state index is 14.2. The lowest BCUT2D eigenvalue weighted by Crippen LogP contribution is -2.31. The van der Waals surface area contributed by atoms with Gasteiger partial charge in [-0.1, -0.05) is 0 Å². The molecule has 146 valence electrons. The number of amides is 1. The van der Waals surface area contributed by atoms with Gasteiger partial charge < -0.3 is 15.2 Å². The summed E-state index contributed by atoms with van der Waals surface area (Å²) in [7, 11) is 1.35. The number of hydroxylamine groups is 1. The molecule has 0 saturated heterocycles. The van der Waals surface area contributed by atoms with Gasteiger partial charge in [0.2, 0.25) is 0 Å². The number of aliphatic hydroxyl groups excluding tert-OH is 1. The van der Waals surface area contributed by atoms with Gasteiger partial charge >= 0.3 is 0 Å². The Bertz CT molecular complexity index is 819. The third-order valence-electron chi connectivity index (χ3n) is 3.50. The maximum Gasteiger partial charge on any atom is 0.277 e. The summed E-state index contributed by atoms with van der Waals surface area (Å²) >= 11 is 1.90. The van der Waals surface area contributed by atoms with Gasteiger partial charge in [0.15, 0.2) is 11.6 Å². The highest BCUT2D eigenvalue weighted by atomic mass is 127. The number of ether oxygens (including phenoxy) is 1. The summed E-state index contributed by atoms with van der Waals surface area (Å²) in [5, 5.41) is 11.4. The number of carbonyl (C=O) groups is 1. The molecule has 0 aromatic heterocycles. The summed E-state index contributed by atoms with van der Waals surface area (Å²) in [4.78, 5) is 17.2. The van der Waals surface area contributed by atoms with Crippen LogP contribution >= 0.6 is 22.6 Å². The van der Waals surface area contributed by atoms with E-state index in [0.29, 0.717) is 3.57 Å². The lowest BCUT2D eigenvalue weighted by molar-refractivity contribution is -0.0469. The van der Waals surface area contributed by atoms with Gasteiger partial charge in [0.05, 0.1) is 23.5 Å². The van der Waals surface area contributed by atoms with E-state index in [2.05, 4.69) is 5.32 Å². The number of anilines is 2. The van der Waals surface area contributed by atoms with E-state index in [0.717, 1.165) is 12.1 Å². The first-order valence-electron chi connectivity index (χ1n) is 7.63. The molecule has 0 aliphatic heterocycles. The van der Waals surface area contributed by atoms with E-state index >= 15 is 0 Å². The summed E-state index contributed by atoms with van der Waals surface area (Å²) in [6.45, 7) is -0.507. The molecule has 0 aliphatic rings. The Morgan fingerprint density at radius 2 is 1.96 bits per heavy atom. The van der Waals surface area contributed by atoms with Gasteiger partial charge in [-0.05, 0) is 52.9 Å². The molecular formula is C17H16F3IN2O4. The molecule has 1 amide bonds. The monoisotopic (exact) mass is 496 g/mol. The first-order valence-corrected chi connectivity index (χ1v) is 8.71. The second kappa shape index (κ2) is 9.88. The highest BCUT2D eigenvalue weighted by Crippen LogP contribution is 2.28. The van der Waals surface area contributed by atoms with Crippen molar-refractivity contribution in [2.24, 2.45) is 0 Å². The molecule has 10 heteroatoms. The van der Waals surface area contributed by atoms with Crippen LogP contribution in [0.25, 0.3) is 0 Å². The van der Waals surface area contributed by atoms with E-state index in [9.17, 15) is 18.0 Å². The van der Waals surface area contributed by atoms with Gasteiger partial charge in [-0.15, -0.1) is 0 Å². The minimum absolute atomic E-state index is 0.130. The fraction of sp³-hybridized carbons (Fsp3) is 0.235. The third kappa shape index (κ3) is 5.54. The molecule has 2 aromatic carbocycles. The van der Waals surface area contributed by atoms with Crippen LogP contribution in [0.3, 0.4) is 0 Å². The molecule has 0 saturated carbocycles. The number of hydrogen-bond acceptors (Lipinski definition) is 5. The first kappa shape index (κ1) is 21.4. The molecule has 1 atom stereocenters. The van der Waals surface area contributed by atoms with E-state index in [1.165, 1.54) is 19.2 Å². The number of carbonyl (C=O) groups excluding carboxylic acids is 1. The Kier molecular flexibility index (Phi) is 7.83. The highest BCUT2D eigenvalue weighted by Gasteiger charge is 2.20. The van der Waals surface area contributed by atoms with E-state index in [-0.39, 0.29) is 24.5 Å². The second-order valence-electron chi connectivity index (χ2n) is 5.32. The van der Waals surface area contributed by atoms with E-state index in [4.69, 9.17) is 14.7 Å². The van der Waals surface area contributed by atoms with Crippen molar-refractivity contribution in [2.45, 2.75) is 6.10 Å². The maximum absolute atomic E-state index is 14.2. The van der Waals surface area contributed by atoms with E-state index in [1.807, 2.05) is 28.1 Å². The average molecular weight is 496 g/mol. The van der Waals surface area contributed by atoms with E-state index in [1.54, 1.807) is 6.07 Å². The topological polar surface area (TPSA) is 79.8 Å². The molecule has 0 fully saturated rings. The number of aliphatic hydroxyl groups is 1. The van der Waals surface area contributed by atoms with Crippen LogP contribution in [0.15, 0.2) is 30.3 Å². The molecule has 0 heterocycles. The SMILES string of the molecule is COC(CO)CONC(=O)c1ccc(F)c(F)c1Nc1ccc(I)cc1F. The Morgan fingerprint density at radius 1 is 1.22 bits per heavy atom. The summed E-state index contributed by atoms with van der Waals surface area (Å²) in [6.07, 6.45) is -0.672. The second-order valence-corrected chi connectivity index (χ2v) is 6.56. The highest BCUT2D eigenvalue weighted by molar-refractivity contribution is 14.1. The summed E-state index contributed by atoms with van der Waals surface area (Å²) in [6, 6.07) is 5.90. The van der Waals surface area contributed by atoms with Crippen molar-refractivity contribution in [1.82, 2.24) is 5.48 Å². The number of rotatable bonds is 8. The molecule has 0 aliphatic carbocycles. The van der Waals surface area contributed by atoms with Crippen molar-refractivity contribution >= 4 is 39.9 Å². The standard InChI is InChI=1S/C17H16F3IN2O4/c1-26-10(7-24)8-27-23-17(25)11-3-4-12(18)15(20)16(11)22-14-5-2-9(21)6-13(14)19/h2-6,10,22,24H,7-8H2,1H3,(H,23,25). The molecule has 0 bridgehead atoms. The fourth-order valence-electron chi connectivity index (χ4n) is 2.04. The van der Waals surface area contributed by atoms with Gasteiger partial charge in [0.1, 0.15) is 18.5 Å². The molecule has 1 unspecified atom stereocenters. The zero-order chi connectivity index (χ0) is 20.0. The minimum Gasteiger partial charge on any atom is -0.394 e. The largest absolute Gasteiger partial charge is 0.394 e. The fourth-order valence-corrected chi connectivity index (χ4v) is 2.49.